The summed E-state index contributed by atoms with van der Waals surface area (Å²) in [5.41, 5.74) is 6.71. The molecule has 8 atom stereocenters. The summed E-state index contributed by atoms with van der Waals surface area (Å²) in [7, 11) is -4.44. The summed E-state index contributed by atoms with van der Waals surface area (Å²) in [6.45, 7) is 19.2. The first-order chi connectivity index (χ1) is 18.9. The van der Waals surface area contributed by atoms with Crippen LogP contribution < -0.4 is 11.3 Å². The van der Waals surface area contributed by atoms with Crippen LogP contribution in [0.15, 0.2) is 23.3 Å². The van der Waals surface area contributed by atoms with Gasteiger partial charge in [0.1, 0.15) is 18.3 Å². The highest BCUT2D eigenvalue weighted by atomic mass is 32.4. The van der Waals surface area contributed by atoms with Crippen LogP contribution in [0.25, 0.3) is 11.2 Å². The normalized spacial score (nSPS) is 31.9. The summed E-state index contributed by atoms with van der Waals surface area (Å²) in [5, 5.41) is 11.5. The van der Waals surface area contributed by atoms with Crippen LogP contribution in [0.2, 0.25) is 18.1 Å². The van der Waals surface area contributed by atoms with Crippen LogP contribution in [-0.4, -0.2) is 68.7 Å². The predicted molar refractivity (Wildman–Crippen MR) is 171 cm³/mol. The van der Waals surface area contributed by atoms with Crippen molar-refractivity contribution >= 4 is 57.0 Å². The van der Waals surface area contributed by atoms with E-state index in [1.807, 2.05) is 6.92 Å². The number of hydrogen-bond acceptors (Lipinski definition) is 11. The van der Waals surface area contributed by atoms with Gasteiger partial charge in [0.05, 0.1) is 19.0 Å². The summed E-state index contributed by atoms with van der Waals surface area (Å²) in [6, 6.07) is 0. The highest BCUT2D eigenvalue weighted by Gasteiger charge is 2.49. The number of aliphatic hydroxyl groups is 1. The molecule has 2 fully saturated rings. The molecule has 1 saturated heterocycles. The number of anilines is 1. The first-order valence-corrected chi connectivity index (χ1v) is 19.7. The van der Waals surface area contributed by atoms with Gasteiger partial charge in [0.15, 0.2) is 32.9 Å². The number of nitrogens with one attached hydrogen (secondary N) is 1. The average Bonchev–Trinajstić information content (AvgIpc) is 3.39. The van der Waals surface area contributed by atoms with E-state index in [9.17, 15) is 9.90 Å². The topological polar surface area (TPSA) is 147 Å². The number of H-pyrrole nitrogens is 1. The second kappa shape index (κ2) is 12.1. The average molecular weight is 646 g/mol. The van der Waals surface area contributed by atoms with E-state index in [2.05, 4.69) is 62.3 Å². The van der Waals surface area contributed by atoms with Gasteiger partial charge in [0, 0.05) is 4.75 Å². The number of fused-ring (bicyclic) bond motifs is 1. The molecule has 1 saturated carbocycles. The standard InChI is InChI=1S/C26H44N5O6PS2Si/c1-14(2)15-9-10-26(6,39)17(11-15)36-38(40)37-20-16(12-34-41(7,8)25(3,4)5)35-23(19(20)32)31-13-28-18-21(31)29-24(27)30-22(18)33/h13,15-17,19-20,23,32,38-39H,1,9-12H2,2-8H3,(H3,27,29,30,33)/t15-,16+,17+,19+,20+,23+,26+/m0/s1. The van der Waals surface area contributed by atoms with Crippen molar-refractivity contribution in [1.82, 2.24) is 19.5 Å². The largest absolute Gasteiger partial charge is 0.414 e. The number of nitrogens with zero attached hydrogens (tertiary/aromatic N) is 3. The van der Waals surface area contributed by atoms with Gasteiger partial charge in [-0.2, -0.15) is 17.6 Å². The molecule has 2 aromatic rings. The van der Waals surface area contributed by atoms with Crippen molar-refractivity contribution < 1.29 is 23.3 Å². The number of aromatic nitrogens is 4. The quantitative estimate of drug-likeness (QED) is 0.135. The fraction of sp³-hybridized carbons (Fsp3) is 0.731. The van der Waals surface area contributed by atoms with E-state index >= 15 is 0 Å². The fourth-order valence-corrected chi connectivity index (χ4v) is 8.24. The third-order valence-electron chi connectivity index (χ3n) is 8.81. The van der Waals surface area contributed by atoms with E-state index in [1.54, 1.807) is 0 Å². The predicted octanol–water partition coefficient (Wildman–Crippen LogP) is 4.32. The Balaban J connectivity index is 1.59. The summed E-state index contributed by atoms with van der Waals surface area (Å²) in [5.74, 6) is 0.264. The number of imidazole rings is 1. The molecule has 1 unspecified atom stereocenters. The smallest absolute Gasteiger partial charge is 0.280 e. The van der Waals surface area contributed by atoms with Crippen LogP contribution >= 0.6 is 19.8 Å². The minimum absolute atomic E-state index is 0.0308. The van der Waals surface area contributed by atoms with Crippen molar-refractivity contribution in [2.45, 2.75) is 107 Å². The Bertz CT molecular complexity index is 1360. The third kappa shape index (κ3) is 7.02. The van der Waals surface area contributed by atoms with Gasteiger partial charge in [0.25, 0.3) is 5.56 Å². The number of allylic oxidation sites excluding steroid dienone is 1. The molecular weight excluding hydrogens is 602 g/mol. The van der Waals surface area contributed by atoms with E-state index in [4.69, 9.17) is 48.4 Å². The lowest BCUT2D eigenvalue weighted by Crippen LogP contribution is -2.45. The van der Waals surface area contributed by atoms with Crippen LogP contribution in [0.5, 0.6) is 0 Å². The monoisotopic (exact) mass is 645 g/mol. The van der Waals surface area contributed by atoms with Crippen LogP contribution in [0.1, 0.15) is 60.1 Å². The summed E-state index contributed by atoms with van der Waals surface area (Å²) < 4.78 is 26.6. The number of aliphatic hydroxyl groups excluding tert-OH is 1. The summed E-state index contributed by atoms with van der Waals surface area (Å²) in [6.07, 6.45) is 0.157. The Morgan fingerprint density at radius 1 is 1.44 bits per heavy atom. The zero-order chi connectivity index (χ0) is 30.5. The van der Waals surface area contributed by atoms with Gasteiger partial charge in [-0.3, -0.25) is 14.3 Å². The lowest BCUT2D eigenvalue weighted by molar-refractivity contribution is -0.0485. The van der Waals surface area contributed by atoms with Gasteiger partial charge in [-0.25, -0.2) is 4.98 Å². The van der Waals surface area contributed by atoms with E-state index in [0.29, 0.717) is 5.92 Å². The number of nitrogen functional groups attached to an aromatic ring is 1. The van der Waals surface area contributed by atoms with Gasteiger partial charge < -0.3 is 29.1 Å². The lowest BCUT2D eigenvalue weighted by Gasteiger charge is -2.41. The number of nitrogens with two attached hydrogens (primary N) is 1. The Kier molecular flexibility index (Phi) is 9.70. The van der Waals surface area contributed by atoms with Gasteiger partial charge in [-0.05, 0) is 69.0 Å². The highest BCUT2D eigenvalue weighted by molar-refractivity contribution is 8.00. The molecule has 0 spiro atoms. The third-order valence-corrected chi connectivity index (χ3v) is 15.3. The minimum atomic E-state index is -2.28. The fourth-order valence-electron chi connectivity index (χ4n) is 5.00. The first kappa shape index (κ1) is 32.8. The molecule has 0 amide bonds. The first-order valence-electron chi connectivity index (χ1n) is 13.9. The van der Waals surface area contributed by atoms with Gasteiger partial charge in [0.2, 0.25) is 5.95 Å². The zero-order valence-electron chi connectivity index (χ0n) is 24.8. The Hall–Kier alpha value is -1.09. The maximum absolute atomic E-state index is 12.4. The molecule has 230 valence electrons. The van der Waals surface area contributed by atoms with Crippen LogP contribution in [0, 0.1) is 5.92 Å². The van der Waals surface area contributed by atoms with E-state index in [0.717, 1.165) is 24.8 Å². The van der Waals surface area contributed by atoms with Crippen molar-refractivity contribution in [3.05, 3.63) is 28.8 Å². The van der Waals surface area contributed by atoms with Crippen molar-refractivity contribution in [2.24, 2.45) is 5.92 Å². The van der Waals surface area contributed by atoms with Gasteiger partial charge in [-0.1, -0.05) is 32.9 Å². The SMILES string of the molecule is C=C(C)[C@H]1CC[C@@](C)(S)[C@H](O[PH](=S)O[C@H]2[C@@H](O)[C@H](n3cnc4c(=O)[nH]c(N)nc43)O[C@@H]2CO[Si](C)(C)C(C)(C)C)C1. The zero-order valence-corrected chi connectivity index (χ0v) is 28.6. The number of aromatic amines is 1. The van der Waals surface area contributed by atoms with Crippen molar-refractivity contribution in [3.8, 4) is 0 Å². The number of hydrogen-bond donors (Lipinski definition) is 4. The molecular formula is C26H44N5O6PS2Si. The van der Waals surface area contributed by atoms with Crippen LogP contribution in [0.4, 0.5) is 5.95 Å². The molecule has 1 aliphatic carbocycles. The molecule has 2 aromatic heterocycles. The molecule has 15 heteroatoms. The summed E-state index contributed by atoms with van der Waals surface area (Å²) in [4.78, 5) is 23.2. The molecule has 2 aliphatic rings. The minimum Gasteiger partial charge on any atom is -0.414 e. The maximum Gasteiger partial charge on any atom is 0.280 e. The Morgan fingerprint density at radius 2 is 2.12 bits per heavy atom. The molecule has 11 nitrogen and oxygen atoms in total. The number of thiol groups is 1. The molecule has 1 aliphatic heterocycles. The molecule has 4 rings (SSSR count). The van der Waals surface area contributed by atoms with E-state index in [-0.39, 0.29) is 39.6 Å². The Morgan fingerprint density at radius 3 is 2.76 bits per heavy atom. The molecule has 0 aromatic carbocycles. The van der Waals surface area contributed by atoms with E-state index < -0.39 is 45.6 Å². The summed E-state index contributed by atoms with van der Waals surface area (Å²) >= 11 is 10.6. The van der Waals surface area contributed by atoms with Gasteiger partial charge in [-0.15, -0.1) is 0 Å². The molecule has 41 heavy (non-hydrogen) atoms. The number of ether oxygens (including phenoxy) is 1. The van der Waals surface area contributed by atoms with Crippen LogP contribution in [0.3, 0.4) is 0 Å². The molecule has 0 bridgehead atoms. The second-order valence-corrected chi connectivity index (χ2v) is 20.8. The maximum atomic E-state index is 12.4. The molecule has 0 radical (unpaired) electrons. The second-order valence-electron chi connectivity index (χ2n) is 13.0. The Labute approximate surface area is 253 Å². The van der Waals surface area contributed by atoms with Gasteiger partial charge >= 0.3 is 0 Å². The van der Waals surface area contributed by atoms with Crippen molar-refractivity contribution in [1.29, 1.82) is 0 Å². The van der Waals surface area contributed by atoms with E-state index in [1.165, 1.54) is 10.9 Å². The molecule has 3 heterocycles. The highest BCUT2D eigenvalue weighted by Crippen LogP contribution is 2.47. The lowest BCUT2D eigenvalue weighted by atomic mass is 9.77. The van der Waals surface area contributed by atoms with Crippen LogP contribution in [-0.2, 0) is 30.0 Å². The van der Waals surface area contributed by atoms with Crippen molar-refractivity contribution in [2.75, 3.05) is 12.3 Å². The number of rotatable bonds is 9. The van der Waals surface area contributed by atoms with Crippen molar-refractivity contribution in [3.63, 3.8) is 0 Å². The molecule has 4 N–H and O–H groups in total.